The first-order valence-electron chi connectivity index (χ1n) is 9.07. The van der Waals surface area contributed by atoms with Crippen LogP contribution in [0.3, 0.4) is 0 Å². The van der Waals surface area contributed by atoms with Crippen LogP contribution in [0.5, 0.6) is 0 Å². The van der Waals surface area contributed by atoms with Gasteiger partial charge in [-0.05, 0) is 42.3 Å². The van der Waals surface area contributed by atoms with Gasteiger partial charge in [0.1, 0.15) is 5.69 Å². The fraction of sp³-hybridized carbons (Fsp3) is 0.474. The Bertz CT molecular complexity index is 804. The van der Waals surface area contributed by atoms with Gasteiger partial charge in [-0.1, -0.05) is 41.9 Å². The van der Waals surface area contributed by atoms with Crippen molar-refractivity contribution in [3.8, 4) is 0 Å². The lowest BCUT2D eigenvalue weighted by atomic mass is 9.60. The van der Waals surface area contributed by atoms with Crippen LogP contribution < -0.4 is 10.6 Å². The van der Waals surface area contributed by atoms with Crippen LogP contribution >= 0.6 is 0 Å². The molecule has 0 aliphatic heterocycles. The highest BCUT2D eigenvalue weighted by Crippen LogP contribution is 2.55. The van der Waals surface area contributed by atoms with Crippen LogP contribution in [0.2, 0.25) is 0 Å². The second kappa shape index (κ2) is 6.90. The van der Waals surface area contributed by atoms with Gasteiger partial charge in [0.2, 0.25) is 5.91 Å². The normalized spacial score (nSPS) is 26.7. The molecule has 0 radical (unpaired) electrons. The fourth-order valence-electron chi connectivity index (χ4n) is 4.54. The first kappa shape index (κ1) is 16.8. The lowest BCUT2D eigenvalue weighted by Crippen LogP contribution is -2.57. The van der Waals surface area contributed by atoms with Crippen LogP contribution in [0.25, 0.3) is 0 Å². The largest absolute Gasteiger partial charge is 0.351 e. The third-order valence-electron chi connectivity index (χ3n) is 5.72. The van der Waals surface area contributed by atoms with Crippen LogP contribution in [0, 0.1) is 18.8 Å². The molecule has 0 spiro atoms. The number of benzene rings is 1. The predicted molar refractivity (Wildman–Crippen MR) is 93.3 cm³/mol. The summed E-state index contributed by atoms with van der Waals surface area (Å²) >= 11 is 0. The molecule has 1 aromatic carbocycles. The number of nitrogens with zero attached hydrogens (tertiary/aromatic N) is 2. The van der Waals surface area contributed by atoms with Crippen molar-refractivity contribution in [3.63, 3.8) is 0 Å². The zero-order valence-electron chi connectivity index (χ0n) is 14.6. The standard InChI is InChI=1S/C19H22N4O3/c1-11-17(23-26-22-11)19(25)20-10-15(24)21-18-14-9-5-8-13(14)16(18)12-6-3-2-4-7-12/h2-4,6-7,13-14,16,18H,5,8-10H2,1H3,(H,20,25)(H,21,24)/t13-,14-,16-,18-/m1/s1. The van der Waals surface area contributed by atoms with E-state index in [2.05, 4.69) is 37.7 Å². The Hall–Kier alpha value is -2.70. The molecule has 4 atom stereocenters. The molecule has 7 heteroatoms. The van der Waals surface area contributed by atoms with Crippen molar-refractivity contribution in [2.75, 3.05) is 6.54 Å². The monoisotopic (exact) mass is 354 g/mol. The van der Waals surface area contributed by atoms with Crippen molar-refractivity contribution in [2.24, 2.45) is 11.8 Å². The van der Waals surface area contributed by atoms with Crippen molar-refractivity contribution >= 4 is 11.8 Å². The number of hydrogen-bond acceptors (Lipinski definition) is 5. The summed E-state index contributed by atoms with van der Waals surface area (Å²) in [7, 11) is 0. The van der Waals surface area contributed by atoms with E-state index < -0.39 is 5.91 Å². The maximum absolute atomic E-state index is 12.4. The van der Waals surface area contributed by atoms with Gasteiger partial charge < -0.3 is 10.6 Å². The van der Waals surface area contributed by atoms with E-state index in [0.717, 1.165) is 6.42 Å². The molecule has 0 saturated heterocycles. The summed E-state index contributed by atoms with van der Waals surface area (Å²) in [5.74, 6) is 0.933. The third-order valence-corrected chi connectivity index (χ3v) is 5.72. The Balaban J connectivity index is 1.37. The van der Waals surface area contributed by atoms with Crippen LogP contribution in [0.1, 0.15) is 46.9 Å². The molecule has 2 amide bonds. The maximum Gasteiger partial charge on any atom is 0.275 e. The highest BCUT2D eigenvalue weighted by atomic mass is 16.6. The minimum atomic E-state index is -0.453. The topological polar surface area (TPSA) is 97.1 Å². The highest BCUT2D eigenvalue weighted by molar-refractivity contribution is 5.95. The van der Waals surface area contributed by atoms with Gasteiger partial charge in [0.25, 0.3) is 5.91 Å². The average molecular weight is 354 g/mol. The van der Waals surface area contributed by atoms with Crippen molar-refractivity contribution in [1.29, 1.82) is 0 Å². The number of amides is 2. The summed E-state index contributed by atoms with van der Waals surface area (Å²) in [6, 6.07) is 10.5. The van der Waals surface area contributed by atoms with E-state index in [1.807, 2.05) is 18.2 Å². The van der Waals surface area contributed by atoms with Crippen molar-refractivity contribution in [2.45, 2.75) is 38.1 Å². The molecule has 2 N–H and O–H groups in total. The number of carbonyl (C=O) groups excluding carboxylic acids is 2. The molecule has 7 nitrogen and oxygen atoms in total. The number of aromatic nitrogens is 2. The Labute approximate surface area is 151 Å². The van der Waals surface area contributed by atoms with Gasteiger partial charge in [-0.25, -0.2) is 4.63 Å². The molecule has 2 aromatic rings. The number of carbonyl (C=O) groups is 2. The van der Waals surface area contributed by atoms with Gasteiger partial charge in [-0.2, -0.15) is 0 Å². The molecule has 26 heavy (non-hydrogen) atoms. The molecule has 2 aliphatic rings. The minimum Gasteiger partial charge on any atom is -0.351 e. The smallest absolute Gasteiger partial charge is 0.275 e. The van der Waals surface area contributed by atoms with Gasteiger partial charge >= 0.3 is 0 Å². The summed E-state index contributed by atoms with van der Waals surface area (Å²) in [5.41, 5.74) is 1.80. The number of rotatable bonds is 5. The molecule has 1 aromatic heterocycles. The molecular weight excluding hydrogens is 332 g/mol. The molecule has 4 rings (SSSR count). The molecule has 2 fully saturated rings. The summed E-state index contributed by atoms with van der Waals surface area (Å²) in [4.78, 5) is 24.4. The summed E-state index contributed by atoms with van der Waals surface area (Å²) in [6.07, 6.45) is 3.61. The number of fused-ring (bicyclic) bond motifs is 1. The summed E-state index contributed by atoms with van der Waals surface area (Å²) in [6.45, 7) is 1.55. The highest BCUT2D eigenvalue weighted by Gasteiger charge is 2.53. The Kier molecular flexibility index (Phi) is 4.44. The van der Waals surface area contributed by atoms with Crippen molar-refractivity contribution in [1.82, 2.24) is 20.9 Å². The van der Waals surface area contributed by atoms with Crippen LogP contribution in [0.15, 0.2) is 35.0 Å². The maximum atomic E-state index is 12.4. The third kappa shape index (κ3) is 2.98. The van der Waals surface area contributed by atoms with E-state index in [-0.39, 0.29) is 24.2 Å². The fourth-order valence-corrected chi connectivity index (χ4v) is 4.54. The van der Waals surface area contributed by atoms with E-state index >= 15 is 0 Å². The predicted octanol–water partition coefficient (Wildman–Crippen LogP) is 1.81. The summed E-state index contributed by atoms with van der Waals surface area (Å²) in [5, 5.41) is 12.8. The van der Waals surface area contributed by atoms with Crippen molar-refractivity contribution in [3.05, 3.63) is 47.3 Å². The quantitative estimate of drug-likeness (QED) is 0.853. The molecule has 0 bridgehead atoms. The number of aryl methyl sites for hydroxylation is 1. The molecule has 0 unspecified atom stereocenters. The van der Waals surface area contributed by atoms with Crippen LogP contribution in [-0.4, -0.2) is 34.7 Å². The van der Waals surface area contributed by atoms with Gasteiger partial charge in [0, 0.05) is 12.0 Å². The van der Waals surface area contributed by atoms with E-state index in [0.29, 0.717) is 23.4 Å². The van der Waals surface area contributed by atoms with Gasteiger partial charge in [-0.15, -0.1) is 0 Å². The van der Waals surface area contributed by atoms with E-state index in [1.54, 1.807) is 6.92 Å². The van der Waals surface area contributed by atoms with Gasteiger partial charge in [0.15, 0.2) is 5.69 Å². The SMILES string of the molecule is Cc1nonc1C(=O)NCC(=O)N[C@@H]1[C@@H]2CCC[C@H]2[C@H]1c1ccccc1. The Morgan fingerprint density at radius 1 is 1.15 bits per heavy atom. The van der Waals surface area contributed by atoms with Crippen molar-refractivity contribution < 1.29 is 14.2 Å². The minimum absolute atomic E-state index is 0.0828. The lowest BCUT2D eigenvalue weighted by Gasteiger charge is -2.49. The molecule has 2 aliphatic carbocycles. The Morgan fingerprint density at radius 2 is 1.92 bits per heavy atom. The zero-order chi connectivity index (χ0) is 18.1. The summed E-state index contributed by atoms with van der Waals surface area (Å²) < 4.78 is 4.51. The lowest BCUT2D eigenvalue weighted by molar-refractivity contribution is -0.123. The van der Waals surface area contributed by atoms with Crippen LogP contribution in [-0.2, 0) is 4.79 Å². The van der Waals surface area contributed by atoms with E-state index in [9.17, 15) is 9.59 Å². The number of hydrogen-bond donors (Lipinski definition) is 2. The average Bonchev–Trinajstić information content (AvgIpc) is 3.25. The van der Waals surface area contributed by atoms with E-state index in [1.165, 1.54) is 18.4 Å². The molecule has 2 saturated carbocycles. The molecular formula is C19H22N4O3. The van der Waals surface area contributed by atoms with E-state index in [4.69, 9.17) is 0 Å². The first-order chi connectivity index (χ1) is 12.6. The van der Waals surface area contributed by atoms with Gasteiger partial charge in [-0.3, -0.25) is 9.59 Å². The van der Waals surface area contributed by atoms with Gasteiger partial charge in [0.05, 0.1) is 6.54 Å². The zero-order valence-corrected chi connectivity index (χ0v) is 14.6. The number of nitrogens with one attached hydrogen (secondary N) is 2. The Morgan fingerprint density at radius 3 is 2.65 bits per heavy atom. The second-order valence-corrected chi connectivity index (χ2v) is 7.17. The molecule has 136 valence electrons. The van der Waals surface area contributed by atoms with Crippen LogP contribution in [0.4, 0.5) is 0 Å². The first-order valence-corrected chi connectivity index (χ1v) is 9.07. The second-order valence-electron chi connectivity index (χ2n) is 7.17. The molecule has 1 heterocycles.